The number of rotatable bonds is 9. The van der Waals surface area contributed by atoms with Crippen LogP contribution in [0.1, 0.15) is 73.1 Å². The highest BCUT2D eigenvalue weighted by Crippen LogP contribution is 2.33. The van der Waals surface area contributed by atoms with E-state index in [1.165, 1.54) is 24.0 Å². The third kappa shape index (κ3) is 5.12. The number of nitrogens with one attached hydrogen (secondary N) is 1. The third-order valence-corrected chi connectivity index (χ3v) is 7.64. The van der Waals surface area contributed by atoms with E-state index in [2.05, 4.69) is 88.6 Å². The summed E-state index contributed by atoms with van der Waals surface area (Å²) in [5.41, 5.74) is 5.33. The number of aromatic amines is 1. The first-order valence-corrected chi connectivity index (χ1v) is 13.2. The van der Waals surface area contributed by atoms with Crippen LogP contribution < -0.4 is 5.56 Å². The first-order valence-electron chi connectivity index (χ1n) is 13.2. The van der Waals surface area contributed by atoms with Crippen LogP contribution in [-0.4, -0.2) is 36.1 Å². The number of aryl methyl sites for hydroxylation is 4. The van der Waals surface area contributed by atoms with Crippen molar-refractivity contribution in [2.24, 2.45) is 0 Å². The summed E-state index contributed by atoms with van der Waals surface area (Å²) in [6.45, 7) is 7.69. The lowest BCUT2D eigenvalue weighted by Gasteiger charge is -2.35. The molecule has 0 amide bonds. The number of tetrazole rings is 1. The van der Waals surface area contributed by atoms with Crippen LogP contribution >= 0.6 is 0 Å². The Bertz CT molecular complexity index is 1370. The quantitative estimate of drug-likeness (QED) is 0.350. The Morgan fingerprint density at radius 1 is 1.11 bits per heavy atom. The predicted molar refractivity (Wildman–Crippen MR) is 143 cm³/mol. The summed E-state index contributed by atoms with van der Waals surface area (Å²) in [6, 6.07) is 17.2. The normalized spacial score (nSPS) is 15.2. The molecule has 1 aliphatic rings. The summed E-state index contributed by atoms with van der Waals surface area (Å²) in [7, 11) is 0. The molecule has 0 aliphatic heterocycles. The summed E-state index contributed by atoms with van der Waals surface area (Å²) in [5.74, 6) is 0.893. The molecule has 0 radical (unpaired) electrons. The molecule has 0 saturated heterocycles. The Labute approximate surface area is 212 Å². The highest BCUT2D eigenvalue weighted by molar-refractivity contribution is 5.83. The lowest BCUT2D eigenvalue weighted by atomic mass is 10.0. The fraction of sp³-hybridized carbons (Fsp3) is 0.448. The number of aromatic nitrogens is 5. The molecule has 5 rings (SSSR count). The molecule has 0 bridgehead atoms. The summed E-state index contributed by atoms with van der Waals surface area (Å²) in [6.07, 6.45) is 6.50. The van der Waals surface area contributed by atoms with Crippen LogP contribution in [0.4, 0.5) is 0 Å². The van der Waals surface area contributed by atoms with Gasteiger partial charge in [0, 0.05) is 35.6 Å². The zero-order valence-corrected chi connectivity index (χ0v) is 21.6. The minimum absolute atomic E-state index is 0.00554. The Balaban J connectivity index is 1.47. The average molecular weight is 485 g/mol. The maximum absolute atomic E-state index is 13.2. The predicted octanol–water partition coefficient (Wildman–Crippen LogP) is 5.27. The number of hydrogen-bond donors (Lipinski definition) is 1. The topological polar surface area (TPSA) is 79.7 Å². The Morgan fingerprint density at radius 2 is 1.89 bits per heavy atom. The first-order chi connectivity index (χ1) is 17.5. The van der Waals surface area contributed by atoms with Crippen molar-refractivity contribution in [1.29, 1.82) is 0 Å². The number of pyridine rings is 1. The van der Waals surface area contributed by atoms with E-state index in [1.807, 2.05) is 10.7 Å². The van der Waals surface area contributed by atoms with E-state index in [1.54, 1.807) is 0 Å². The second-order valence-electron chi connectivity index (χ2n) is 10.2. The largest absolute Gasteiger partial charge is 0.322 e. The molecule has 1 saturated carbocycles. The minimum Gasteiger partial charge on any atom is -0.322 e. The van der Waals surface area contributed by atoms with Crippen LogP contribution in [0.15, 0.2) is 53.3 Å². The van der Waals surface area contributed by atoms with Gasteiger partial charge in [0.25, 0.3) is 5.56 Å². The van der Waals surface area contributed by atoms with Crippen LogP contribution in [0, 0.1) is 13.8 Å². The molecule has 1 aliphatic carbocycles. The molecule has 7 heteroatoms. The molecule has 2 aromatic carbocycles. The smallest absolute Gasteiger partial charge is 0.252 e. The van der Waals surface area contributed by atoms with E-state index in [-0.39, 0.29) is 11.6 Å². The molecule has 188 valence electrons. The van der Waals surface area contributed by atoms with Crippen LogP contribution in [0.3, 0.4) is 0 Å². The fourth-order valence-electron chi connectivity index (χ4n) is 5.81. The fourth-order valence-corrected chi connectivity index (χ4v) is 5.81. The lowest BCUT2D eigenvalue weighted by molar-refractivity contribution is 0.112. The van der Waals surface area contributed by atoms with Crippen molar-refractivity contribution >= 4 is 10.9 Å². The molecule has 1 atom stereocenters. The van der Waals surface area contributed by atoms with Crippen molar-refractivity contribution in [2.45, 2.75) is 84.5 Å². The molecule has 2 heterocycles. The number of H-pyrrole nitrogens is 1. The van der Waals surface area contributed by atoms with Crippen LogP contribution in [0.2, 0.25) is 0 Å². The molecule has 1 N–H and O–H groups in total. The minimum atomic E-state index is -0.00554. The SMILES string of the molecule is CC[C@H](c1nnnn1CCc1ccccc1)N(Cc1cc2c(C)cc(C)cc2[nH]c1=O)C1CCCC1. The maximum Gasteiger partial charge on any atom is 0.252 e. The van der Waals surface area contributed by atoms with E-state index >= 15 is 0 Å². The van der Waals surface area contributed by atoms with Crippen molar-refractivity contribution in [3.8, 4) is 0 Å². The van der Waals surface area contributed by atoms with Crippen molar-refractivity contribution < 1.29 is 0 Å². The van der Waals surface area contributed by atoms with Crippen molar-refractivity contribution in [3.63, 3.8) is 0 Å². The molecule has 36 heavy (non-hydrogen) atoms. The van der Waals surface area contributed by atoms with Crippen LogP contribution in [0.5, 0.6) is 0 Å². The van der Waals surface area contributed by atoms with Gasteiger partial charge in [-0.05, 0) is 78.8 Å². The van der Waals surface area contributed by atoms with E-state index in [0.29, 0.717) is 12.6 Å². The van der Waals surface area contributed by atoms with Gasteiger partial charge < -0.3 is 4.98 Å². The Hall–Kier alpha value is -3.32. The van der Waals surface area contributed by atoms with Gasteiger partial charge in [0.15, 0.2) is 5.82 Å². The molecular formula is C29H36N6O. The number of nitrogens with zero attached hydrogens (tertiary/aromatic N) is 5. The molecule has 7 nitrogen and oxygen atoms in total. The summed E-state index contributed by atoms with van der Waals surface area (Å²) in [4.78, 5) is 18.8. The average Bonchev–Trinajstić information content (AvgIpc) is 3.56. The standard InChI is InChI=1S/C29H36N6O/c1-4-27(28-31-32-33-35(28)15-14-22-10-6-5-7-11-22)34(24-12-8-9-13-24)19-23-18-25-21(3)16-20(2)17-26(25)30-29(23)36/h5-7,10-11,16-18,24,27H,4,8-9,12-15,19H2,1-3H3,(H,30,36)/t27-/m1/s1. The Kier molecular flexibility index (Phi) is 7.28. The van der Waals surface area contributed by atoms with Gasteiger partial charge in [-0.25, -0.2) is 4.68 Å². The van der Waals surface area contributed by atoms with E-state index in [0.717, 1.165) is 60.1 Å². The van der Waals surface area contributed by atoms with Crippen molar-refractivity contribution in [3.05, 3.63) is 87.0 Å². The molecule has 4 aromatic rings. The zero-order chi connectivity index (χ0) is 25.1. The van der Waals surface area contributed by atoms with E-state index in [4.69, 9.17) is 0 Å². The lowest BCUT2D eigenvalue weighted by Crippen LogP contribution is -2.39. The molecular weight excluding hydrogens is 448 g/mol. The van der Waals surface area contributed by atoms with Gasteiger partial charge in [-0.15, -0.1) is 5.10 Å². The second kappa shape index (κ2) is 10.7. The number of fused-ring (bicyclic) bond motifs is 1. The monoisotopic (exact) mass is 484 g/mol. The van der Waals surface area contributed by atoms with Gasteiger partial charge in [0.2, 0.25) is 0 Å². The van der Waals surface area contributed by atoms with Gasteiger partial charge in [0.1, 0.15) is 0 Å². The zero-order valence-electron chi connectivity index (χ0n) is 21.6. The van der Waals surface area contributed by atoms with E-state index in [9.17, 15) is 4.79 Å². The number of hydrogen-bond acceptors (Lipinski definition) is 5. The van der Waals surface area contributed by atoms with Gasteiger partial charge in [-0.3, -0.25) is 9.69 Å². The highest BCUT2D eigenvalue weighted by Gasteiger charge is 2.32. The van der Waals surface area contributed by atoms with E-state index < -0.39 is 0 Å². The molecule has 1 fully saturated rings. The first kappa shape index (κ1) is 24.4. The summed E-state index contributed by atoms with van der Waals surface area (Å²) < 4.78 is 1.96. The van der Waals surface area contributed by atoms with Gasteiger partial charge in [-0.2, -0.15) is 0 Å². The van der Waals surface area contributed by atoms with Gasteiger partial charge in [-0.1, -0.05) is 56.2 Å². The third-order valence-electron chi connectivity index (χ3n) is 7.64. The van der Waals surface area contributed by atoms with Crippen molar-refractivity contribution in [1.82, 2.24) is 30.1 Å². The van der Waals surface area contributed by atoms with Crippen LogP contribution in [0.25, 0.3) is 10.9 Å². The highest BCUT2D eigenvalue weighted by atomic mass is 16.1. The molecule has 0 spiro atoms. The van der Waals surface area contributed by atoms with Crippen molar-refractivity contribution in [2.75, 3.05) is 0 Å². The van der Waals surface area contributed by atoms with Gasteiger partial charge >= 0.3 is 0 Å². The summed E-state index contributed by atoms with van der Waals surface area (Å²) in [5, 5.41) is 14.0. The van der Waals surface area contributed by atoms with Crippen LogP contribution in [-0.2, 0) is 19.5 Å². The Morgan fingerprint density at radius 3 is 2.64 bits per heavy atom. The molecule has 0 unspecified atom stereocenters. The number of benzene rings is 2. The second-order valence-corrected chi connectivity index (χ2v) is 10.2. The summed E-state index contributed by atoms with van der Waals surface area (Å²) >= 11 is 0. The van der Waals surface area contributed by atoms with Gasteiger partial charge in [0.05, 0.1) is 6.04 Å². The molecule has 2 aromatic heterocycles. The maximum atomic E-state index is 13.2.